The number of ether oxygens (including phenoxy) is 5. The normalized spacial score (nSPS) is 26.5. The van der Waals surface area contributed by atoms with Crippen LogP contribution in [-0.4, -0.2) is 53.7 Å². The molecule has 0 N–H and O–H groups in total. The summed E-state index contributed by atoms with van der Waals surface area (Å²) in [5.74, 6) is 0. The Labute approximate surface area is 246 Å². The molecule has 1 aromatic heterocycles. The largest absolute Gasteiger partial charge is 0.353 e. The molecule has 0 radical (unpaired) electrons. The molecule has 232 valence electrons. The molecule has 9 nitrogen and oxygen atoms in total. The number of alkyl halides is 1. The Balaban J connectivity index is 1.22. The van der Waals surface area contributed by atoms with Gasteiger partial charge in [0.1, 0.15) is 19.0 Å². The first-order valence-corrected chi connectivity index (χ1v) is 15.6. The molecule has 0 amide bonds. The monoisotopic (exact) mass is 588 g/mol. The van der Waals surface area contributed by atoms with Crippen LogP contribution in [0.3, 0.4) is 0 Å². The number of aryl methyl sites for hydroxylation is 2. The van der Waals surface area contributed by atoms with Gasteiger partial charge in [-0.15, -0.1) is 0 Å². The molecule has 0 aliphatic carbocycles. The Morgan fingerprint density at radius 2 is 1.64 bits per heavy atom. The van der Waals surface area contributed by atoms with Gasteiger partial charge in [0, 0.05) is 37.9 Å². The molecule has 10 heteroatoms. The van der Waals surface area contributed by atoms with E-state index in [-0.39, 0.29) is 29.9 Å². The van der Waals surface area contributed by atoms with Gasteiger partial charge in [0.05, 0.1) is 12.7 Å². The van der Waals surface area contributed by atoms with Crippen LogP contribution in [0, 0.1) is 6.92 Å². The van der Waals surface area contributed by atoms with E-state index in [4.69, 9.17) is 23.7 Å². The molecule has 2 aromatic rings. The zero-order valence-electron chi connectivity index (χ0n) is 24.7. The standard InChI is InChI=1S/C32H45FN2O7/c1-23-21-35(32(37)34(31(23)36)16-6-2-3-9-24-12-14-25(20-33)15-13-24)28-19-26(42-30-11-5-8-18-39-30)27(41-28)22-40-29-10-4-7-17-38-29/h12-15,21,26-30H,2-11,16-20,22H2,1H3/t26-,27+,28+,29?,30?/m0/s1. The Morgan fingerprint density at radius 3 is 2.33 bits per heavy atom. The van der Waals surface area contributed by atoms with E-state index >= 15 is 0 Å². The van der Waals surface area contributed by atoms with Gasteiger partial charge in [-0.25, -0.2) is 9.18 Å². The lowest BCUT2D eigenvalue weighted by Crippen LogP contribution is -2.42. The second-order valence-corrected chi connectivity index (χ2v) is 11.7. The Bertz CT molecular complexity index is 1230. The van der Waals surface area contributed by atoms with Crippen LogP contribution in [0.5, 0.6) is 0 Å². The van der Waals surface area contributed by atoms with Gasteiger partial charge in [0.25, 0.3) is 5.56 Å². The van der Waals surface area contributed by atoms with Gasteiger partial charge in [-0.3, -0.25) is 13.9 Å². The Morgan fingerprint density at radius 1 is 0.929 bits per heavy atom. The van der Waals surface area contributed by atoms with Crippen LogP contribution < -0.4 is 11.2 Å². The zero-order chi connectivity index (χ0) is 29.3. The van der Waals surface area contributed by atoms with Gasteiger partial charge < -0.3 is 23.7 Å². The average Bonchev–Trinajstić information content (AvgIpc) is 3.42. The van der Waals surface area contributed by atoms with Gasteiger partial charge in [0.2, 0.25) is 0 Å². The average molecular weight is 589 g/mol. The number of unbranched alkanes of at least 4 members (excludes halogenated alkanes) is 2. The van der Waals surface area contributed by atoms with E-state index in [0.29, 0.717) is 50.3 Å². The topological polar surface area (TPSA) is 90.2 Å². The summed E-state index contributed by atoms with van der Waals surface area (Å²) < 4.78 is 46.0. The van der Waals surface area contributed by atoms with Gasteiger partial charge in [-0.05, 0) is 75.8 Å². The zero-order valence-corrected chi connectivity index (χ0v) is 24.7. The number of halogens is 1. The third kappa shape index (κ3) is 8.17. The molecule has 3 fully saturated rings. The molecule has 3 aliphatic rings. The number of rotatable bonds is 13. The van der Waals surface area contributed by atoms with E-state index in [1.54, 1.807) is 17.7 Å². The van der Waals surface area contributed by atoms with Crippen molar-refractivity contribution in [2.45, 2.75) is 122 Å². The molecule has 0 saturated carbocycles. The van der Waals surface area contributed by atoms with Gasteiger partial charge in [-0.2, -0.15) is 0 Å². The van der Waals surface area contributed by atoms with Crippen molar-refractivity contribution in [3.05, 3.63) is 68.0 Å². The SMILES string of the molecule is Cc1cn([C@H]2C[C@H](OC3CCCCO3)[C@@H](COC3CCCCO3)O2)c(=O)n(CCCCCc2ccc(CF)cc2)c1=O. The highest BCUT2D eigenvalue weighted by atomic mass is 19.1. The van der Waals surface area contributed by atoms with Crippen molar-refractivity contribution < 1.29 is 28.1 Å². The molecule has 42 heavy (non-hydrogen) atoms. The predicted octanol–water partition coefficient (Wildman–Crippen LogP) is 4.94. The number of hydrogen-bond donors (Lipinski definition) is 0. The van der Waals surface area contributed by atoms with Gasteiger partial charge in [0.15, 0.2) is 12.6 Å². The molecule has 5 atom stereocenters. The van der Waals surface area contributed by atoms with Crippen LogP contribution in [0.2, 0.25) is 0 Å². The third-order valence-corrected chi connectivity index (χ3v) is 8.43. The summed E-state index contributed by atoms with van der Waals surface area (Å²) in [6.07, 6.45) is 9.45. The van der Waals surface area contributed by atoms with E-state index in [1.165, 1.54) is 4.57 Å². The first-order valence-electron chi connectivity index (χ1n) is 15.6. The number of benzene rings is 1. The van der Waals surface area contributed by atoms with Crippen molar-refractivity contribution >= 4 is 0 Å². The lowest BCUT2D eigenvalue weighted by molar-refractivity contribution is -0.216. The lowest BCUT2D eigenvalue weighted by atomic mass is 10.1. The second kappa shape index (κ2) is 15.4. The van der Waals surface area contributed by atoms with Crippen LogP contribution in [-0.2, 0) is 43.3 Å². The summed E-state index contributed by atoms with van der Waals surface area (Å²) in [6, 6.07) is 7.54. The van der Waals surface area contributed by atoms with E-state index < -0.39 is 19.0 Å². The van der Waals surface area contributed by atoms with Crippen LogP contribution >= 0.6 is 0 Å². The molecule has 4 heterocycles. The number of hydrogen-bond acceptors (Lipinski definition) is 7. The van der Waals surface area contributed by atoms with Gasteiger partial charge in [-0.1, -0.05) is 30.7 Å². The first-order chi connectivity index (χ1) is 20.5. The van der Waals surface area contributed by atoms with Crippen LogP contribution in [0.25, 0.3) is 0 Å². The minimum Gasteiger partial charge on any atom is -0.353 e. The quantitative estimate of drug-likeness (QED) is 0.306. The molecule has 3 saturated heterocycles. The predicted molar refractivity (Wildman–Crippen MR) is 155 cm³/mol. The molecule has 5 rings (SSSR count). The molecular weight excluding hydrogens is 543 g/mol. The summed E-state index contributed by atoms with van der Waals surface area (Å²) in [5.41, 5.74) is 1.69. The minimum atomic E-state index is -0.579. The molecule has 0 spiro atoms. The highest BCUT2D eigenvalue weighted by Crippen LogP contribution is 2.33. The molecule has 3 aliphatic heterocycles. The second-order valence-electron chi connectivity index (χ2n) is 11.7. The fourth-order valence-electron chi connectivity index (χ4n) is 5.96. The van der Waals surface area contributed by atoms with Crippen molar-refractivity contribution in [3.8, 4) is 0 Å². The third-order valence-electron chi connectivity index (χ3n) is 8.43. The number of nitrogens with zero attached hydrogens (tertiary/aromatic N) is 2. The smallest absolute Gasteiger partial charge is 0.333 e. The van der Waals surface area contributed by atoms with E-state index in [2.05, 4.69) is 0 Å². The summed E-state index contributed by atoms with van der Waals surface area (Å²) in [4.78, 5) is 26.6. The van der Waals surface area contributed by atoms with Crippen molar-refractivity contribution in [2.24, 2.45) is 0 Å². The molecular formula is C32H45FN2O7. The minimum absolute atomic E-state index is 0.255. The maximum atomic E-state index is 13.6. The van der Waals surface area contributed by atoms with Crippen molar-refractivity contribution in [1.29, 1.82) is 0 Å². The molecule has 0 bridgehead atoms. The highest BCUT2D eigenvalue weighted by Gasteiger charge is 2.40. The maximum absolute atomic E-state index is 13.6. The van der Waals surface area contributed by atoms with Crippen molar-refractivity contribution in [2.75, 3.05) is 19.8 Å². The fraction of sp³-hybridized carbons (Fsp3) is 0.688. The first kappa shape index (κ1) is 31.1. The fourth-order valence-corrected chi connectivity index (χ4v) is 5.96. The van der Waals surface area contributed by atoms with Crippen LogP contribution in [0.4, 0.5) is 4.39 Å². The molecule has 1 aromatic carbocycles. The highest BCUT2D eigenvalue weighted by molar-refractivity contribution is 5.22. The lowest BCUT2D eigenvalue weighted by Gasteiger charge is -2.29. The van der Waals surface area contributed by atoms with Crippen molar-refractivity contribution in [3.63, 3.8) is 0 Å². The summed E-state index contributed by atoms with van der Waals surface area (Å²) in [6.45, 7) is 3.28. The Kier molecular flexibility index (Phi) is 11.4. The molecule has 2 unspecified atom stereocenters. The number of aromatic nitrogens is 2. The maximum Gasteiger partial charge on any atom is 0.333 e. The van der Waals surface area contributed by atoms with E-state index in [0.717, 1.165) is 63.4 Å². The summed E-state index contributed by atoms with van der Waals surface area (Å²) >= 11 is 0. The summed E-state index contributed by atoms with van der Waals surface area (Å²) in [7, 11) is 0. The van der Waals surface area contributed by atoms with Crippen LogP contribution in [0.15, 0.2) is 40.1 Å². The van der Waals surface area contributed by atoms with Gasteiger partial charge >= 0.3 is 5.69 Å². The van der Waals surface area contributed by atoms with E-state index in [9.17, 15) is 14.0 Å². The van der Waals surface area contributed by atoms with E-state index in [1.807, 2.05) is 24.3 Å². The van der Waals surface area contributed by atoms with Crippen molar-refractivity contribution in [1.82, 2.24) is 9.13 Å². The van der Waals surface area contributed by atoms with Crippen LogP contribution in [0.1, 0.15) is 87.1 Å². The Hall–Kier alpha value is -2.37. The summed E-state index contributed by atoms with van der Waals surface area (Å²) in [5, 5.41) is 0.